The van der Waals surface area contributed by atoms with Crippen LogP contribution in [0.4, 0.5) is 18.0 Å². The van der Waals surface area contributed by atoms with Gasteiger partial charge in [-0.15, -0.1) is 0 Å². The van der Waals surface area contributed by atoms with Crippen molar-refractivity contribution in [1.82, 2.24) is 15.1 Å². The molecule has 4 amide bonds. The Labute approximate surface area is 141 Å². The van der Waals surface area contributed by atoms with Crippen LogP contribution in [0.25, 0.3) is 0 Å². The molecule has 0 saturated carbocycles. The predicted molar refractivity (Wildman–Crippen MR) is 81.5 cm³/mol. The lowest BCUT2D eigenvalue weighted by Crippen LogP contribution is -2.52. The number of hydrogen-bond acceptors (Lipinski definition) is 4. The van der Waals surface area contributed by atoms with Gasteiger partial charge in [0.1, 0.15) is 0 Å². The fourth-order valence-corrected chi connectivity index (χ4v) is 2.58. The maximum Gasteiger partial charge on any atom is 0.417 e. The summed E-state index contributed by atoms with van der Waals surface area (Å²) in [4.78, 5) is 37.4. The van der Waals surface area contributed by atoms with Gasteiger partial charge in [-0.2, -0.15) is 13.2 Å². The molecule has 1 heterocycles. The van der Waals surface area contributed by atoms with E-state index in [2.05, 4.69) is 0 Å². The Balaban J connectivity index is 1.98. The van der Waals surface area contributed by atoms with Crippen molar-refractivity contribution in [3.8, 4) is 0 Å². The van der Waals surface area contributed by atoms with Gasteiger partial charge in [0.15, 0.2) is 0 Å². The number of primary amides is 1. The van der Waals surface area contributed by atoms with Gasteiger partial charge in [-0.25, -0.2) is 4.79 Å². The van der Waals surface area contributed by atoms with E-state index >= 15 is 0 Å². The number of imide groups is 1. The van der Waals surface area contributed by atoms with Crippen LogP contribution in [0.5, 0.6) is 0 Å². The molecule has 0 atom stereocenters. The van der Waals surface area contributed by atoms with Gasteiger partial charge >= 0.3 is 12.2 Å². The van der Waals surface area contributed by atoms with Crippen molar-refractivity contribution in [2.24, 2.45) is 5.73 Å². The summed E-state index contributed by atoms with van der Waals surface area (Å²) in [5.41, 5.74) is 3.48. The number of piperazine rings is 1. The number of hydrogen-bond donors (Lipinski definition) is 2. The zero-order valence-corrected chi connectivity index (χ0v) is 13.2. The predicted octanol–water partition coefficient (Wildman–Crippen LogP) is 0.658. The molecule has 0 bridgehead atoms. The van der Waals surface area contributed by atoms with Gasteiger partial charge in [-0.1, -0.05) is 12.1 Å². The molecular formula is C15H17F3N4O3. The third-order valence-electron chi connectivity index (χ3n) is 3.75. The zero-order chi connectivity index (χ0) is 18.6. The minimum atomic E-state index is -4.61. The van der Waals surface area contributed by atoms with Crippen LogP contribution < -0.4 is 11.1 Å². The molecule has 1 aliphatic rings. The number of carbonyl (C=O) groups excluding carboxylic acids is 3. The van der Waals surface area contributed by atoms with Crippen LogP contribution in [-0.2, 0) is 11.0 Å². The fraction of sp³-hybridized carbons (Fsp3) is 0.400. The number of benzene rings is 1. The summed E-state index contributed by atoms with van der Waals surface area (Å²) in [5.74, 6) is -1.27. The summed E-state index contributed by atoms with van der Waals surface area (Å²) in [7, 11) is 0. The molecule has 0 spiro atoms. The maximum absolute atomic E-state index is 13.0. The smallest absolute Gasteiger partial charge is 0.351 e. The summed E-state index contributed by atoms with van der Waals surface area (Å²) >= 11 is 0. The minimum absolute atomic E-state index is 0.0793. The van der Waals surface area contributed by atoms with Crippen molar-refractivity contribution in [2.45, 2.75) is 6.18 Å². The highest BCUT2D eigenvalue weighted by Crippen LogP contribution is 2.32. The highest BCUT2D eigenvalue weighted by Gasteiger charge is 2.36. The molecular weight excluding hydrogens is 341 g/mol. The monoisotopic (exact) mass is 358 g/mol. The number of urea groups is 1. The molecule has 0 radical (unpaired) electrons. The van der Waals surface area contributed by atoms with Crippen molar-refractivity contribution in [3.05, 3.63) is 35.4 Å². The highest BCUT2D eigenvalue weighted by molar-refractivity contribution is 5.96. The highest BCUT2D eigenvalue weighted by atomic mass is 19.4. The second-order valence-corrected chi connectivity index (χ2v) is 5.52. The topological polar surface area (TPSA) is 95.7 Å². The molecule has 2 rings (SSSR count). The van der Waals surface area contributed by atoms with Gasteiger partial charge < -0.3 is 10.6 Å². The van der Waals surface area contributed by atoms with Crippen LogP contribution >= 0.6 is 0 Å². The number of halogens is 3. The Morgan fingerprint density at radius 1 is 1.08 bits per heavy atom. The second kappa shape index (κ2) is 7.51. The lowest BCUT2D eigenvalue weighted by molar-refractivity contribution is -0.138. The van der Waals surface area contributed by atoms with Gasteiger partial charge in [0.05, 0.1) is 17.7 Å². The Kier molecular flexibility index (Phi) is 5.62. The fourth-order valence-electron chi connectivity index (χ4n) is 2.58. The zero-order valence-electron chi connectivity index (χ0n) is 13.2. The number of amides is 4. The number of alkyl halides is 3. The SMILES string of the molecule is NC(=O)NC(=O)CN1CCN(C(=O)c2ccccc2C(F)(F)F)CC1. The number of nitrogens with one attached hydrogen (secondary N) is 1. The van der Waals surface area contributed by atoms with Crippen LogP contribution in [0.1, 0.15) is 15.9 Å². The van der Waals surface area contributed by atoms with Crippen LogP contribution in [0.3, 0.4) is 0 Å². The maximum atomic E-state index is 13.0. The molecule has 1 aliphatic heterocycles. The Morgan fingerprint density at radius 3 is 2.24 bits per heavy atom. The molecule has 25 heavy (non-hydrogen) atoms. The van der Waals surface area contributed by atoms with Crippen LogP contribution in [0.2, 0.25) is 0 Å². The lowest BCUT2D eigenvalue weighted by Gasteiger charge is -2.34. The summed E-state index contributed by atoms with van der Waals surface area (Å²) < 4.78 is 39.1. The summed E-state index contributed by atoms with van der Waals surface area (Å²) in [6, 6.07) is 3.68. The molecule has 0 aromatic heterocycles. The van der Waals surface area contributed by atoms with E-state index in [0.29, 0.717) is 13.1 Å². The first-order valence-electron chi connectivity index (χ1n) is 7.45. The molecule has 1 fully saturated rings. The van der Waals surface area contributed by atoms with Crippen molar-refractivity contribution in [3.63, 3.8) is 0 Å². The number of nitrogens with zero attached hydrogens (tertiary/aromatic N) is 2. The normalized spacial score (nSPS) is 15.7. The molecule has 0 aliphatic carbocycles. The first-order chi connectivity index (χ1) is 11.7. The van der Waals surface area contributed by atoms with E-state index in [1.54, 1.807) is 4.90 Å². The third kappa shape index (κ3) is 4.92. The van der Waals surface area contributed by atoms with E-state index in [0.717, 1.165) is 12.1 Å². The lowest BCUT2D eigenvalue weighted by atomic mass is 10.1. The van der Waals surface area contributed by atoms with Crippen molar-refractivity contribution in [1.29, 1.82) is 0 Å². The van der Waals surface area contributed by atoms with Crippen LogP contribution in [0, 0.1) is 0 Å². The minimum Gasteiger partial charge on any atom is -0.351 e. The standard InChI is InChI=1S/C15H17F3N4O3/c16-15(17,18)11-4-2-1-3-10(11)13(24)22-7-5-21(6-8-22)9-12(23)20-14(19)25/h1-4H,5-9H2,(H3,19,20,23,25). The van der Waals surface area contributed by atoms with E-state index < -0.39 is 35.1 Å². The van der Waals surface area contributed by atoms with Gasteiger partial charge in [0, 0.05) is 26.2 Å². The van der Waals surface area contributed by atoms with E-state index in [4.69, 9.17) is 5.73 Å². The van der Waals surface area contributed by atoms with E-state index in [1.807, 2.05) is 5.32 Å². The molecule has 1 aromatic carbocycles. The summed E-state index contributed by atoms with van der Waals surface area (Å²) in [5, 5.41) is 1.93. The molecule has 7 nitrogen and oxygen atoms in total. The van der Waals surface area contributed by atoms with Gasteiger partial charge in [-0.05, 0) is 12.1 Å². The summed E-state index contributed by atoms with van der Waals surface area (Å²) in [6.07, 6.45) is -4.61. The van der Waals surface area contributed by atoms with Gasteiger partial charge in [-0.3, -0.25) is 19.8 Å². The molecule has 1 saturated heterocycles. The first kappa shape index (κ1) is 18.7. The van der Waals surface area contributed by atoms with Crippen LogP contribution in [-0.4, -0.2) is 60.4 Å². The number of nitrogens with two attached hydrogens (primary N) is 1. The van der Waals surface area contributed by atoms with Gasteiger partial charge in [0.2, 0.25) is 5.91 Å². The first-order valence-corrected chi connectivity index (χ1v) is 7.45. The molecule has 1 aromatic rings. The Morgan fingerprint density at radius 2 is 1.68 bits per heavy atom. The molecule has 10 heteroatoms. The molecule has 0 unspecified atom stereocenters. The van der Waals surface area contributed by atoms with E-state index in [9.17, 15) is 27.6 Å². The van der Waals surface area contributed by atoms with Crippen LogP contribution in [0.15, 0.2) is 24.3 Å². The number of carbonyl (C=O) groups is 3. The van der Waals surface area contributed by atoms with Crippen molar-refractivity contribution < 1.29 is 27.6 Å². The summed E-state index contributed by atoms with van der Waals surface area (Å²) in [6.45, 7) is 0.867. The van der Waals surface area contributed by atoms with E-state index in [-0.39, 0.29) is 19.6 Å². The third-order valence-corrected chi connectivity index (χ3v) is 3.75. The average Bonchev–Trinajstić information content (AvgIpc) is 2.53. The van der Waals surface area contributed by atoms with E-state index in [1.165, 1.54) is 17.0 Å². The largest absolute Gasteiger partial charge is 0.417 e. The average molecular weight is 358 g/mol. The number of rotatable bonds is 3. The van der Waals surface area contributed by atoms with Crippen molar-refractivity contribution >= 4 is 17.8 Å². The van der Waals surface area contributed by atoms with Crippen molar-refractivity contribution in [2.75, 3.05) is 32.7 Å². The van der Waals surface area contributed by atoms with Gasteiger partial charge in [0.25, 0.3) is 5.91 Å². The Hall–Kier alpha value is -2.62. The second-order valence-electron chi connectivity index (χ2n) is 5.52. The molecule has 136 valence electrons. The Bertz CT molecular complexity index is 670. The quantitative estimate of drug-likeness (QED) is 0.830. The molecule has 3 N–H and O–H groups in total.